The Morgan fingerprint density at radius 2 is 1.43 bits per heavy atom. The lowest BCUT2D eigenvalue weighted by Crippen LogP contribution is -2.48. The number of fused-ring (bicyclic) bond motifs is 1. The summed E-state index contributed by atoms with van der Waals surface area (Å²) < 4.78 is 0. The Labute approximate surface area is 209 Å². The fourth-order valence-corrected chi connectivity index (χ4v) is 8.45. The highest BCUT2D eigenvalue weighted by atomic mass is 32.2. The van der Waals surface area contributed by atoms with Crippen LogP contribution in [0, 0.1) is 17.8 Å². The molecule has 5 aliphatic rings. The molecular weight excluding hydrogens is 454 g/mol. The average molecular weight is 482 g/mol. The molecule has 4 bridgehead atoms. The molecule has 4 nitrogen and oxygen atoms in total. The molecule has 1 N–H and O–H groups in total. The summed E-state index contributed by atoms with van der Waals surface area (Å²) in [6.07, 6.45) is 7.81. The lowest BCUT2D eigenvalue weighted by atomic mass is 9.48. The molecule has 0 unspecified atom stereocenters. The van der Waals surface area contributed by atoms with Crippen LogP contribution in [0.5, 0.6) is 5.75 Å². The zero-order valence-electron chi connectivity index (χ0n) is 19.5. The maximum absolute atomic E-state index is 12.2. The Kier molecular flexibility index (Phi) is 4.54. The third-order valence-corrected chi connectivity index (χ3v) is 9.67. The average Bonchev–Trinajstić information content (AvgIpc) is 3.08. The summed E-state index contributed by atoms with van der Waals surface area (Å²) >= 11 is 0.687. The molecule has 3 aromatic carbocycles. The summed E-state index contributed by atoms with van der Waals surface area (Å²) in [5.74, 6) is 2.92. The number of anilines is 1. The minimum Gasteiger partial charge on any atom is -0.508 e. The highest BCUT2D eigenvalue weighted by Gasteiger charge is 2.52. The van der Waals surface area contributed by atoms with Gasteiger partial charge in [0.15, 0.2) is 0 Å². The van der Waals surface area contributed by atoms with Crippen molar-refractivity contribution in [2.75, 3.05) is 4.90 Å². The molecule has 0 atom stereocenters. The second-order valence-electron chi connectivity index (χ2n) is 11.1. The van der Waals surface area contributed by atoms with E-state index in [1.807, 2.05) is 30.3 Å². The van der Waals surface area contributed by atoms with Crippen molar-refractivity contribution in [3.8, 4) is 16.9 Å². The number of phenolic OH excluding ortho intramolecular Hbond substituents is 1. The van der Waals surface area contributed by atoms with Gasteiger partial charge >= 0.3 is 0 Å². The van der Waals surface area contributed by atoms with Crippen molar-refractivity contribution in [1.29, 1.82) is 0 Å². The van der Waals surface area contributed by atoms with E-state index in [0.29, 0.717) is 23.2 Å². The van der Waals surface area contributed by atoms with E-state index in [9.17, 15) is 14.7 Å². The number of nitrogens with zero attached hydrogens (tertiary/aromatic N) is 1. The first-order chi connectivity index (χ1) is 16.9. The van der Waals surface area contributed by atoms with E-state index in [1.165, 1.54) is 43.4 Å². The van der Waals surface area contributed by atoms with E-state index < -0.39 is 0 Å². The van der Waals surface area contributed by atoms with Crippen LogP contribution >= 0.6 is 11.8 Å². The maximum atomic E-state index is 12.2. The van der Waals surface area contributed by atoms with E-state index in [0.717, 1.165) is 45.2 Å². The number of carbonyl (C=O) groups excluding carboxylic acids is 2. The van der Waals surface area contributed by atoms with Crippen molar-refractivity contribution in [2.45, 2.75) is 43.9 Å². The van der Waals surface area contributed by atoms with Crippen LogP contribution < -0.4 is 4.90 Å². The minimum absolute atomic E-state index is 0.140. The fraction of sp³-hybridized carbons (Fsp3) is 0.333. The summed E-state index contributed by atoms with van der Waals surface area (Å²) in [4.78, 5) is 25.5. The number of hydrogen-bond acceptors (Lipinski definition) is 4. The minimum atomic E-state index is -0.308. The third kappa shape index (κ3) is 3.28. The highest BCUT2D eigenvalue weighted by Crippen LogP contribution is 2.62. The predicted molar refractivity (Wildman–Crippen MR) is 141 cm³/mol. The molecule has 3 aromatic rings. The molecule has 0 aromatic heterocycles. The number of benzene rings is 3. The molecule has 4 saturated carbocycles. The van der Waals surface area contributed by atoms with E-state index in [-0.39, 0.29) is 21.5 Å². The SMILES string of the molecule is C=C1C(=O)SC(=O)N1c1ccc2cc(-c3ccc(O)c(C45CC6CC(CC(C6)C4)C5)c3)ccc2c1. The molecule has 4 aliphatic carbocycles. The van der Waals surface area contributed by atoms with Gasteiger partial charge in [-0.05, 0) is 114 Å². The van der Waals surface area contributed by atoms with Crippen molar-refractivity contribution >= 4 is 38.6 Å². The van der Waals surface area contributed by atoms with Crippen LogP contribution in [0.3, 0.4) is 0 Å². The van der Waals surface area contributed by atoms with Crippen LogP contribution in [0.25, 0.3) is 21.9 Å². The quantitative estimate of drug-likeness (QED) is 0.396. The molecule has 5 heteroatoms. The Bertz CT molecular complexity index is 1410. The van der Waals surface area contributed by atoms with Crippen molar-refractivity contribution in [3.63, 3.8) is 0 Å². The molecule has 1 saturated heterocycles. The van der Waals surface area contributed by atoms with E-state index >= 15 is 0 Å². The Morgan fingerprint density at radius 3 is 2.09 bits per heavy atom. The summed E-state index contributed by atoms with van der Waals surface area (Å²) in [6, 6.07) is 18.3. The molecule has 8 rings (SSSR count). The number of thioether (sulfide) groups is 1. The van der Waals surface area contributed by atoms with Crippen LogP contribution in [0.4, 0.5) is 10.5 Å². The number of aromatic hydroxyl groups is 1. The molecule has 1 heterocycles. The Hall–Kier alpha value is -3.05. The Balaban J connectivity index is 1.25. The monoisotopic (exact) mass is 481 g/mol. The van der Waals surface area contributed by atoms with Gasteiger partial charge in [-0.3, -0.25) is 14.5 Å². The number of phenols is 1. The molecule has 1 amide bonds. The first-order valence-corrected chi connectivity index (χ1v) is 13.3. The number of carbonyl (C=O) groups is 2. The fourth-order valence-electron chi connectivity index (χ4n) is 7.78. The van der Waals surface area contributed by atoms with E-state index in [4.69, 9.17) is 0 Å². The van der Waals surface area contributed by atoms with Crippen LogP contribution in [-0.4, -0.2) is 15.5 Å². The summed E-state index contributed by atoms with van der Waals surface area (Å²) in [5, 5.41) is 12.4. The third-order valence-electron chi connectivity index (χ3n) is 8.89. The van der Waals surface area contributed by atoms with Crippen molar-refractivity contribution in [1.82, 2.24) is 0 Å². The smallest absolute Gasteiger partial charge is 0.298 e. The summed E-state index contributed by atoms with van der Waals surface area (Å²) in [6.45, 7) is 3.77. The molecule has 35 heavy (non-hydrogen) atoms. The van der Waals surface area contributed by atoms with Gasteiger partial charge in [0.2, 0.25) is 5.12 Å². The number of rotatable bonds is 3. The first-order valence-electron chi connectivity index (χ1n) is 12.5. The lowest BCUT2D eigenvalue weighted by Gasteiger charge is -2.57. The van der Waals surface area contributed by atoms with Crippen molar-refractivity contribution in [3.05, 3.63) is 72.4 Å². The molecule has 5 fully saturated rings. The van der Waals surface area contributed by atoms with Gasteiger partial charge in [-0.25, -0.2) is 0 Å². The predicted octanol–water partition coefficient (Wildman–Crippen LogP) is 7.39. The van der Waals surface area contributed by atoms with Gasteiger partial charge in [-0.2, -0.15) is 0 Å². The van der Waals surface area contributed by atoms with Crippen LogP contribution in [-0.2, 0) is 10.2 Å². The normalized spacial score (nSPS) is 29.5. The van der Waals surface area contributed by atoms with Gasteiger partial charge in [0.1, 0.15) is 5.75 Å². The van der Waals surface area contributed by atoms with E-state index in [2.05, 4.69) is 30.8 Å². The van der Waals surface area contributed by atoms with E-state index in [1.54, 1.807) is 0 Å². The largest absolute Gasteiger partial charge is 0.508 e. The highest BCUT2D eigenvalue weighted by molar-refractivity contribution is 8.27. The second kappa shape index (κ2) is 7.47. The lowest BCUT2D eigenvalue weighted by molar-refractivity contribution is -0.107. The second-order valence-corrected chi connectivity index (χ2v) is 12.0. The molecule has 176 valence electrons. The Morgan fingerprint density at radius 1 is 0.829 bits per heavy atom. The van der Waals surface area contributed by atoms with Crippen LogP contribution in [0.2, 0.25) is 0 Å². The number of amides is 1. The van der Waals surface area contributed by atoms with Crippen LogP contribution in [0.15, 0.2) is 66.9 Å². The van der Waals surface area contributed by atoms with Gasteiger partial charge in [0, 0.05) is 17.3 Å². The van der Waals surface area contributed by atoms with Gasteiger partial charge in [0.05, 0.1) is 11.4 Å². The number of hydrogen-bond donors (Lipinski definition) is 1. The van der Waals surface area contributed by atoms with Gasteiger partial charge in [-0.1, -0.05) is 30.8 Å². The van der Waals surface area contributed by atoms with Crippen LogP contribution in [0.1, 0.15) is 44.1 Å². The zero-order chi connectivity index (χ0) is 23.9. The maximum Gasteiger partial charge on any atom is 0.298 e. The topological polar surface area (TPSA) is 57.6 Å². The van der Waals surface area contributed by atoms with Gasteiger partial charge in [0.25, 0.3) is 5.24 Å². The molecule has 0 spiro atoms. The molecular formula is C30H27NO3S. The van der Waals surface area contributed by atoms with Crippen molar-refractivity contribution < 1.29 is 14.7 Å². The molecule has 1 aliphatic heterocycles. The van der Waals surface area contributed by atoms with Crippen molar-refractivity contribution in [2.24, 2.45) is 17.8 Å². The van der Waals surface area contributed by atoms with Gasteiger partial charge in [-0.15, -0.1) is 0 Å². The first kappa shape index (κ1) is 21.3. The standard InChI is InChI=1S/C30H27NO3S/c1-17-28(33)35-29(34)31(17)25-6-4-22-11-21(2-3-23(22)12-25)24-5-7-27(32)26(13-24)30-14-18-8-19(15-30)10-20(9-18)16-30/h2-7,11-13,18-20,32H,1,8-10,14-16H2. The summed E-state index contributed by atoms with van der Waals surface area (Å²) in [7, 11) is 0. The zero-order valence-corrected chi connectivity index (χ0v) is 20.3. The molecule has 0 radical (unpaired) electrons. The van der Waals surface area contributed by atoms with Gasteiger partial charge < -0.3 is 5.11 Å². The summed E-state index contributed by atoms with van der Waals surface area (Å²) in [5.41, 5.74) is 4.40.